The highest BCUT2D eigenvalue weighted by molar-refractivity contribution is 6.35. The number of anilines is 1. The average Bonchev–Trinajstić information content (AvgIpc) is 3.02. The van der Waals surface area contributed by atoms with Gasteiger partial charge < -0.3 is 14.7 Å². The molecule has 25 heavy (non-hydrogen) atoms. The molecular weight excluding hydrogens is 361 g/mol. The summed E-state index contributed by atoms with van der Waals surface area (Å²) >= 11 is 12.0. The van der Waals surface area contributed by atoms with Gasteiger partial charge in [0.2, 0.25) is 0 Å². The molecule has 1 N–H and O–H groups in total. The van der Waals surface area contributed by atoms with Crippen LogP contribution in [0.5, 0.6) is 5.75 Å². The molecule has 2 aromatic rings. The maximum atomic E-state index is 11.0. The van der Waals surface area contributed by atoms with Crippen LogP contribution in [0.25, 0.3) is 0 Å². The van der Waals surface area contributed by atoms with Crippen molar-refractivity contribution in [2.45, 2.75) is 31.9 Å². The Morgan fingerprint density at radius 2 is 1.96 bits per heavy atom. The van der Waals surface area contributed by atoms with E-state index in [0.29, 0.717) is 16.7 Å². The molecule has 3 rings (SSSR count). The van der Waals surface area contributed by atoms with Gasteiger partial charge in [-0.05, 0) is 49.2 Å². The fraction of sp³-hybridized carbons (Fsp3) is 0.316. The quantitative estimate of drug-likeness (QED) is 0.765. The van der Waals surface area contributed by atoms with Crippen LogP contribution in [0.15, 0.2) is 42.5 Å². The summed E-state index contributed by atoms with van der Waals surface area (Å²) < 4.78 is 5.78. The first-order valence-electron chi connectivity index (χ1n) is 8.18. The highest BCUT2D eigenvalue weighted by Gasteiger charge is 2.26. The number of ether oxygens (including phenoxy) is 1. The molecule has 0 aromatic heterocycles. The van der Waals surface area contributed by atoms with Crippen LogP contribution in [0.3, 0.4) is 0 Å². The summed E-state index contributed by atoms with van der Waals surface area (Å²) in [5, 5.41) is 10.2. The number of hydrogen-bond acceptors (Lipinski definition) is 3. The number of rotatable bonds is 6. The molecule has 4 nitrogen and oxygen atoms in total. The Morgan fingerprint density at radius 1 is 1.20 bits per heavy atom. The minimum absolute atomic E-state index is 0.0668. The van der Waals surface area contributed by atoms with Gasteiger partial charge in [0.25, 0.3) is 0 Å². The van der Waals surface area contributed by atoms with Crippen molar-refractivity contribution in [3.05, 3.63) is 58.1 Å². The fourth-order valence-electron chi connectivity index (χ4n) is 3.12. The third-order valence-corrected chi connectivity index (χ3v) is 4.95. The number of aliphatic carboxylic acids is 1. The van der Waals surface area contributed by atoms with E-state index in [-0.39, 0.29) is 12.5 Å². The van der Waals surface area contributed by atoms with Gasteiger partial charge in [0.15, 0.2) is 0 Å². The van der Waals surface area contributed by atoms with E-state index < -0.39 is 5.97 Å². The van der Waals surface area contributed by atoms with Crippen molar-refractivity contribution < 1.29 is 14.6 Å². The summed E-state index contributed by atoms with van der Waals surface area (Å²) in [6.45, 7) is 1.25. The lowest BCUT2D eigenvalue weighted by molar-refractivity contribution is -0.137. The third kappa shape index (κ3) is 4.59. The Hall–Kier alpha value is -1.91. The van der Waals surface area contributed by atoms with Gasteiger partial charge in [-0.1, -0.05) is 29.3 Å². The van der Waals surface area contributed by atoms with Crippen LogP contribution in [0.2, 0.25) is 10.0 Å². The molecule has 0 saturated carbocycles. The van der Waals surface area contributed by atoms with Gasteiger partial charge >= 0.3 is 5.97 Å². The van der Waals surface area contributed by atoms with E-state index in [0.717, 1.165) is 36.4 Å². The van der Waals surface area contributed by atoms with Crippen molar-refractivity contribution in [3.63, 3.8) is 0 Å². The Kier molecular flexibility index (Phi) is 5.71. The van der Waals surface area contributed by atoms with Crippen LogP contribution >= 0.6 is 23.2 Å². The average molecular weight is 380 g/mol. The van der Waals surface area contributed by atoms with Gasteiger partial charge in [-0.15, -0.1) is 0 Å². The van der Waals surface area contributed by atoms with E-state index >= 15 is 0 Å². The predicted molar refractivity (Wildman–Crippen MR) is 99.9 cm³/mol. The van der Waals surface area contributed by atoms with Gasteiger partial charge in [-0.3, -0.25) is 4.79 Å². The number of hydrogen-bond donors (Lipinski definition) is 1. The largest absolute Gasteiger partial charge is 0.489 e. The van der Waals surface area contributed by atoms with Crippen LogP contribution in [-0.2, 0) is 11.4 Å². The molecule has 0 bridgehead atoms. The van der Waals surface area contributed by atoms with Crippen molar-refractivity contribution in [2.24, 2.45) is 0 Å². The first-order chi connectivity index (χ1) is 12.0. The Bertz CT molecular complexity index is 749. The minimum Gasteiger partial charge on any atom is -0.489 e. The number of carbonyl (C=O) groups is 1. The van der Waals surface area contributed by atoms with Crippen molar-refractivity contribution in [2.75, 3.05) is 11.4 Å². The molecule has 1 saturated heterocycles. The van der Waals surface area contributed by atoms with Gasteiger partial charge in [0.05, 0.1) is 6.42 Å². The number of benzene rings is 2. The maximum absolute atomic E-state index is 11.0. The first kappa shape index (κ1) is 17.9. The van der Waals surface area contributed by atoms with Crippen LogP contribution in [0.1, 0.15) is 24.8 Å². The third-order valence-electron chi connectivity index (χ3n) is 4.37. The molecule has 1 unspecified atom stereocenters. The van der Waals surface area contributed by atoms with E-state index in [4.69, 9.17) is 33.0 Å². The predicted octanol–water partition coefficient (Wildman–Crippen LogP) is 5.02. The number of carboxylic acids is 1. The molecule has 1 aliphatic rings. The highest BCUT2D eigenvalue weighted by atomic mass is 35.5. The summed E-state index contributed by atoms with van der Waals surface area (Å²) in [5.74, 6) is -0.0135. The van der Waals surface area contributed by atoms with E-state index in [2.05, 4.69) is 4.90 Å². The molecule has 1 heterocycles. The summed E-state index contributed by atoms with van der Waals surface area (Å²) in [6.07, 6.45) is 2.11. The van der Waals surface area contributed by atoms with Gasteiger partial charge in [-0.25, -0.2) is 0 Å². The van der Waals surface area contributed by atoms with E-state index in [1.54, 1.807) is 12.1 Å². The molecule has 1 fully saturated rings. The molecule has 1 atom stereocenters. The van der Waals surface area contributed by atoms with Gasteiger partial charge in [-0.2, -0.15) is 0 Å². The van der Waals surface area contributed by atoms with E-state index in [1.165, 1.54) is 0 Å². The smallest absolute Gasteiger partial charge is 0.305 e. The Labute approximate surface area is 156 Å². The molecule has 0 amide bonds. The highest BCUT2D eigenvalue weighted by Crippen LogP contribution is 2.29. The summed E-state index contributed by atoms with van der Waals surface area (Å²) in [6, 6.07) is 13.1. The molecule has 1 aliphatic heterocycles. The molecule has 0 radical (unpaired) electrons. The fourth-order valence-corrected chi connectivity index (χ4v) is 3.59. The number of halogens is 2. The topological polar surface area (TPSA) is 49.8 Å². The van der Waals surface area contributed by atoms with Crippen molar-refractivity contribution in [1.29, 1.82) is 0 Å². The second-order valence-corrected chi connectivity index (χ2v) is 6.95. The number of nitrogens with zero attached hydrogens (tertiary/aromatic N) is 1. The number of carboxylic acid groups (broad SMARTS) is 1. The van der Waals surface area contributed by atoms with Crippen LogP contribution in [-0.4, -0.2) is 23.7 Å². The Morgan fingerprint density at radius 3 is 2.64 bits per heavy atom. The monoisotopic (exact) mass is 379 g/mol. The molecule has 0 spiro atoms. The van der Waals surface area contributed by atoms with Crippen LogP contribution in [0, 0.1) is 0 Å². The zero-order valence-electron chi connectivity index (χ0n) is 13.6. The lowest BCUT2D eigenvalue weighted by atomic mass is 10.1. The van der Waals surface area contributed by atoms with Crippen molar-refractivity contribution in [3.8, 4) is 5.75 Å². The second kappa shape index (κ2) is 7.98. The molecule has 6 heteroatoms. The first-order valence-corrected chi connectivity index (χ1v) is 8.94. The zero-order chi connectivity index (χ0) is 17.8. The van der Waals surface area contributed by atoms with Crippen LogP contribution < -0.4 is 9.64 Å². The molecular formula is C19H19Cl2NO3. The second-order valence-electron chi connectivity index (χ2n) is 6.11. The lowest BCUT2D eigenvalue weighted by Crippen LogP contribution is -2.31. The minimum atomic E-state index is -0.753. The van der Waals surface area contributed by atoms with E-state index in [9.17, 15) is 4.79 Å². The van der Waals surface area contributed by atoms with Crippen molar-refractivity contribution in [1.82, 2.24) is 0 Å². The summed E-state index contributed by atoms with van der Waals surface area (Å²) in [7, 11) is 0. The molecule has 2 aromatic carbocycles. The SMILES string of the molecule is O=C(O)CC1CCCN1c1ccc(OCc2ccc(Cl)cc2Cl)cc1. The summed E-state index contributed by atoms with van der Waals surface area (Å²) in [5.41, 5.74) is 1.90. The lowest BCUT2D eigenvalue weighted by Gasteiger charge is -2.25. The normalized spacial score (nSPS) is 16.9. The molecule has 132 valence electrons. The van der Waals surface area contributed by atoms with Crippen LogP contribution in [0.4, 0.5) is 5.69 Å². The van der Waals surface area contributed by atoms with Gasteiger partial charge in [0, 0.05) is 33.9 Å². The zero-order valence-corrected chi connectivity index (χ0v) is 15.1. The standard InChI is InChI=1S/C19H19Cl2NO3/c20-14-4-3-13(18(21)10-14)12-25-17-7-5-15(6-8-17)22-9-1-2-16(22)11-19(23)24/h3-8,10,16H,1-2,9,11-12H2,(H,23,24). The summed E-state index contributed by atoms with van der Waals surface area (Å²) in [4.78, 5) is 13.1. The molecule has 0 aliphatic carbocycles. The van der Waals surface area contributed by atoms with E-state index in [1.807, 2.05) is 30.3 Å². The Balaban J connectivity index is 1.63. The van der Waals surface area contributed by atoms with Gasteiger partial charge in [0.1, 0.15) is 12.4 Å². The maximum Gasteiger partial charge on any atom is 0.305 e. The van der Waals surface area contributed by atoms with Crippen molar-refractivity contribution >= 4 is 34.9 Å².